The second-order valence-corrected chi connectivity index (χ2v) is 4.91. The van der Waals surface area contributed by atoms with E-state index in [0.29, 0.717) is 5.16 Å². The van der Waals surface area contributed by atoms with Crippen LogP contribution in [0.1, 0.15) is 12.5 Å². The average molecular weight is 245 g/mol. The summed E-state index contributed by atoms with van der Waals surface area (Å²) in [5.41, 5.74) is 2.08. The Hall–Kier alpha value is -1.87. The molecule has 0 aliphatic heterocycles. The smallest absolute Gasteiger partial charge is 0.197 e. The highest BCUT2D eigenvalue weighted by Crippen LogP contribution is 2.22. The van der Waals surface area contributed by atoms with Crippen LogP contribution < -0.4 is 0 Å². The standard InChI is InChI=1S/C11H11N5S/c1-8-3-5-10(6-4-8)16-11(13-14-15-16)17-9(2)7-12/h3-6,9H,1-2H3/t9-/m0/s1. The number of benzene rings is 1. The maximum atomic E-state index is 8.78. The van der Waals surface area contributed by atoms with E-state index in [0.717, 1.165) is 5.69 Å². The van der Waals surface area contributed by atoms with Crippen LogP contribution in [0.3, 0.4) is 0 Å². The maximum Gasteiger partial charge on any atom is 0.215 e. The summed E-state index contributed by atoms with van der Waals surface area (Å²) in [4.78, 5) is 0. The third-order valence-corrected chi connectivity index (χ3v) is 3.11. The summed E-state index contributed by atoms with van der Waals surface area (Å²) in [6.07, 6.45) is 0. The quantitative estimate of drug-likeness (QED) is 0.773. The minimum absolute atomic E-state index is 0.176. The third kappa shape index (κ3) is 2.63. The summed E-state index contributed by atoms with van der Waals surface area (Å²) in [5, 5.41) is 20.7. The van der Waals surface area contributed by atoms with Gasteiger partial charge in [0.2, 0.25) is 5.16 Å². The molecule has 0 saturated heterocycles. The number of aromatic nitrogens is 4. The van der Waals surface area contributed by atoms with E-state index >= 15 is 0 Å². The summed E-state index contributed by atoms with van der Waals surface area (Å²) in [6.45, 7) is 3.84. The highest BCUT2D eigenvalue weighted by molar-refractivity contribution is 8.00. The van der Waals surface area contributed by atoms with Crippen LogP contribution in [-0.2, 0) is 0 Å². The first kappa shape index (κ1) is 11.6. The summed E-state index contributed by atoms with van der Waals surface area (Å²) in [6, 6.07) is 10.0. The van der Waals surface area contributed by atoms with Crippen molar-refractivity contribution in [3.8, 4) is 11.8 Å². The van der Waals surface area contributed by atoms with E-state index in [4.69, 9.17) is 5.26 Å². The molecule has 0 fully saturated rings. The van der Waals surface area contributed by atoms with Crippen molar-refractivity contribution < 1.29 is 0 Å². The molecule has 0 spiro atoms. The summed E-state index contributed by atoms with van der Waals surface area (Å²) in [7, 11) is 0. The fourth-order valence-electron chi connectivity index (χ4n) is 1.28. The van der Waals surface area contributed by atoms with Crippen LogP contribution in [0, 0.1) is 18.3 Å². The van der Waals surface area contributed by atoms with E-state index in [1.807, 2.05) is 38.1 Å². The molecule has 0 aliphatic carbocycles. The Kier molecular flexibility index (Phi) is 3.40. The van der Waals surface area contributed by atoms with Crippen molar-refractivity contribution in [3.05, 3.63) is 29.8 Å². The molecule has 2 rings (SSSR count). The Labute approximate surface area is 103 Å². The number of thioether (sulfide) groups is 1. The van der Waals surface area contributed by atoms with Gasteiger partial charge in [-0.15, -0.1) is 5.10 Å². The first-order valence-electron chi connectivity index (χ1n) is 5.12. The number of nitrogens with zero attached hydrogens (tertiary/aromatic N) is 5. The van der Waals surface area contributed by atoms with Gasteiger partial charge in [0.15, 0.2) is 0 Å². The summed E-state index contributed by atoms with van der Waals surface area (Å²) < 4.78 is 1.64. The van der Waals surface area contributed by atoms with Crippen LogP contribution in [0.4, 0.5) is 0 Å². The fraction of sp³-hybridized carbons (Fsp3) is 0.273. The van der Waals surface area contributed by atoms with Crippen LogP contribution in [0.5, 0.6) is 0 Å². The van der Waals surface area contributed by atoms with Crippen molar-refractivity contribution in [1.29, 1.82) is 5.26 Å². The van der Waals surface area contributed by atoms with Crippen molar-refractivity contribution in [1.82, 2.24) is 20.2 Å². The molecule has 0 saturated carbocycles. The van der Waals surface area contributed by atoms with Gasteiger partial charge in [0.25, 0.3) is 0 Å². The van der Waals surface area contributed by atoms with Gasteiger partial charge in [-0.05, 0) is 36.4 Å². The molecule has 0 N–H and O–H groups in total. The van der Waals surface area contributed by atoms with E-state index in [9.17, 15) is 0 Å². The molecule has 0 amide bonds. The molecular formula is C11H11N5S. The first-order valence-corrected chi connectivity index (χ1v) is 6.00. The highest BCUT2D eigenvalue weighted by atomic mass is 32.2. The van der Waals surface area contributed by atoms with E-state index < -0.39 is 0 Å². The normalized spacial score (nSPS) is 12.1. The largest absolute Gasteiger partial charge is 0.215 e. The summed E-state index contributed by atoms with van der Waals surface area (Å²) >= 11 is 1.34. The lowest BCUT2D eigenvalue weighted by Gasteiger charge is -2.04. The van der Waals surface area contributed by atoms with Gasteiger partial charge in [-0.2, -0.15) is 9.94 Å². The molecule has 0 bridgehead atoms. The second kappa shape index (κ2) is 4.97. The van der Waals surface area contributed by atoms with E-state index in [-0.39, 0.29) is 5.25 Å². The second-order valence-electron chi connectivity index (χ2n) is 3.60. The molecule has 0 aliphatic rings. The first-order chi connectivity index (χ1) is 8.20. The zero-order valence-electron chi connectivity index (χ0n) is 9.53. The van der Waals surface area contributed by atoms with Crippen molar-refractivity contribution in [2.75, 3.05) is 0 Å². The zero-order valence-corrected chi connectivity index (χ0v) is 10.3. The lowest BCUT2D eigenvalue weighted by molar-refractivity contribution is 0.755. The Morgan fingerprint density at radius 2 is 2.06 bits per heavy atom. The Morgan fingerprint density at radius 1 is 1.35 bits per heavy atom. The lowest BCUT2D eigenvalue weighted by atomic mass is 10.2. The fourth-order valence-corrected chi connectivity index (χ4v) is 1.98. The van der Waals surface area contributed by atoms with Crippen molar-refractivity contribution >= 4 is 11.8 Å². The lowest BCUT2D eigenvalue weighted by Crippen LogP contribution is -2.01. The molecule has 6 heteroatoms. The van der Waals surface area contributed by atoms with Crippen molar-refractivity contribution in [3.63, 3.8) is 0 Å². The molecule has 1 atom stereocenters. The topological polar surface area (TPSA) is 67.4 Å². The minimum Gasteiger partial charge on any atom is -0.197 e. The van der Waals surface area contributed by atoms with Crippen molar-refractivity contribution in [2.24, 2.45) is 0 Å². The molecule has 1 aromatic heterocycles. The Morgan fingerprint density at radius 3 is 2.71 bits per heavy atom. The number of tetrazole rings is 1. The predicted molar refractivity (Wildman–Crippen MR) is 64.8 cm³/mol. The SMILES string of the molecule is Cc1ccc(-n2nnnc2S[C@@H](C)C#N)cc1. The zero-order chi connectivity index (χ0) is 12.3. The van der Waals surface area contributed by atoms with Gasteiger partial charge in [0, 0.05) is 0 Å². The molecule has 2 aromatic rings. The number of nitriles is 1. The van der Waals surface area contributed by atoms with Crippen LogP contribution in [0.25, 0.3) is 5.69 Å². The van der Waals surface area contributed by atoms with E-state index in [1.165, 1.54) is 17.3 Å². The molecule has 1 heterocycles. The Balaban J connectivity index is 2.31. The number of hydrogen-bond donors (Lipinski definition) is 0. The third-order valence-electron chi connectivity index (χ3n) is 2.18. The van der Waals surface area contributed by atoms with Gasteiger partial charge >= 0.3 is 0 Å². The van der Waals surface area contributed by atoms with E-state index in [2.05, 4.69) is 21.6 Å². The number of aryl methyl sites for hydroxylation is 1. The minimum atomic E-state index is -0.176. The molecule has 0 radical (unpaired) electrons. The van der Waals surface area contributed by atoms with Gasteiger partial charge in [0.05, 0.1) is 17.0 Å². The van der Waals surface area contributed by atoms with Gasteiger partial charge < -0.3 is 0 Å². The molecular weight excluding hydrogens is 234 g/mol. The molecule has 1 aromatic carbocycles. The van der Waals surface area contributed by atoms with Crippen LogP contribution >= 0.6 is 11.8 Å². The monoisotopic (exact) mass is 245 g/mol. The molecule has 0 unspecified atom stereocenters. The van der Waals surface area contributed by atoms with Gasteiger partial charge in [-0.3, -0.25) is 0 Å². The van der Waals surface area contributed by atoms with Crippen LogP contribution in [0.15, 0.2) is 29.4 Å². The van der Waals surface area contributed by atoms with Gasteiger partial charge in [-0.25, -0.2) is 0 Å². The predicted octanol–water partition coefficient (Wildman–Crippen LogP) is 1.97. The van der Waals surface area contributed by atoms with Crippen LogP contribution in [-0.4, -0.2) is 25.5 Å². The van der Waals surface area contributed by atoms with E-state index in [1.54, 1.807) is 4.68 Å². The Bertz CT molecular complexity index is 540. The highest BCUT2D eigenvalue weighted by Gasteiger charge is 2.12. The molecule has 5 nitrogen and oxygen atoms in total. The van der Waals surface area contributed by atoms with Gasteiger partial charge in [0.1, 0.15) is 0 Å². The maximum absolute atomic E-state index is 8.78. The van der Waals surface area contributed by atoms with Gasteiger partial charge in [-0.1, -0.05) is 29.5 Å². The molecule has 86 valence electrons. The number of hydrogen-bond acceptors (Lipinski definition) is 5. The average Bonchev–Trinajstić information content (AvgIpc) is 2.78. The molecule has 17 heavy (non-hydrogen) atoms. The van der Waals surface area contributed by atoms with Crippen LogP contribution in [0.2, 0.25) is 0 Å². The summed E-state index contributed by atoms with van der Waals surface area (Å²) in [5.74, 6) is 0. The van der Waals surface area contributed by atoms with Crippen molar-refractivity contribution in [2.45, 2.75) is 24.3 Å². The number of rotatable bonds is 3.